The molecule has 0 spiro atoms. The molecule has 0 saturated carbocycles. The fourth-order valence-electron chi connectivity index (χ4n) is 1.67. The first-order valence-electron chi connectivity index (χ1n) is 6.10. The molecule has 21 heavy (non-hydrogen) atoms. The van der Waals surface area contributed by atoms with Crippen LogP contribution in [0.5, 0.6) is 11.5 Å². The van der Waals surface area contributed by atoms with Gasteiger partial charge in [0.05, 0.1) is 26.1 Å². The molecule has 0 radical (unpaired) electrons. The summed E-state index contributed by atoms with van der Waals surface area (Å²) >= 11 is 9.30. The molecule has 0 unspecified atom stereocenters. The monoisotopic (exact) mass is 368 g/mol. The van der Waals surface area contributed by atoms with Crippen LogP contribution in [0.4, 0.5) is 5.69 Å². The average Bonchev–Trinajstić information content (AvgIpc) is 2.50. The topological polar surface area (TPSA) is 42.8 Å². The fraction of sp³-hybridized carbons (Fsp3) is 0.133. The molecule has 0 aliphatic carbocycles. The minimum absolute atomic E-state index is 0.647. The number of benzene rings is 2. The second-order valence-electron chi connectivity index (χ2n) is 4.11. The van der Waals surface area contributed by atoms with Crippen LogP contribution in [-0.2, 0) is 0 Å². The number of ether oxygens (including phenoxy) is 2. The zero-order valence-corrected chi connectivity index (χ0v) is 13.9. The number of anilines is 1. The molecule has 2 aromatic rings. The summed E-state index contributed by atoms with van der Waals surface area (Å²) in [6.45, 7) is 0. The van der Waals surface area contributed by atoms with E-state index >= 15 is 0 Å². The molecule has 0 fully saturated rings. The van der Waals surface area contributed by atoms with Crippen molar-refractivity contribution < 1.29 is 9.47 Å². The van der Waals surface area contributed by atoms with Gasteiger partial charge in [0.25, 0.3) is 0 Å². The van der Waals surface area contributed by atoms with E-state index in [9.17, 15) is 0 Å². The average molecular weight is 370 g/mol. The van der Waals surface area contributed by atoms with Gasteiger partial charge in [-0.15, -0.1) is 0 Å². The van der Waals surface area contributed by atoms with Crippen molar-refractivity contribution in [2.24, 2.45) is 5.10 Å². The van der Waals surface area contributed by atoms with Crippen LogP contribution in [0.3, 0.4) is 0 Å². The molecule has 2 rings (SSSR count). The van der Waals surface area contributed by atoms with Crippen LogP contribution in [0.1, 0.15) is 5.56 Å². The lowest BCUT2D eigenvalue weighted by molar-refractivity contribution is 0.354. The van der Waals surface area contributed by atoms with Gasteiger partial charge in [-0.05, 0) is 52.3 Å². The van der Waals surface area contributed by atoms with Gasteiger partial charge >= 0.3 is 0 Å². The number of nitrogens with zero attached hydrogens (tertiary/aromatic N) is 1. The Bertz CT molecular complexity index is 645. The lowest BCUT2D eigenvalue weighted by atomic mass is 10.2. The molecule has 4 nitrogen and oxygen atoms in total. The maximum atomic E-state index is 5.83. The Labute approximate surface area is 136 Å². The van der Waals surface area contributed by atoms with E-state index in [1.807, 2.05) is 24.3 Å². The van der Waals surface area contributed by atoms with Crippen LogP contribution in [0.2, 0.25) is 5.02 Å². The van der Waals surface area contributed by atoms with Crippen LogP contribution in [0.15, 0.2) is 46.0 Å². The van der Waals surface area contributed by atoms with Crippen LogP contribution >= 0.6 is 27.5 Å². The Morgan fingerprint density at radius 1 is 1.10 bits per heavy atom. The summed E-state index contributed by atoms with van der Waals surface area (Å²) in [5, 5.41) is 4.88. The summed E-state index contributed by atoms with van der Waals surface area (Å²) in [5.74, 6) is 1.31. The predicted octanol–water partition coefficient (Wildman–Crippen LogP) is 4.57. The summed E-state index contributed by atoms with van der Waals surface area (Å²) in [7, 11) is 3.19. The minimum Gasteiger partial charge on any atom is -0.493 e. The molecular formula is C15H14BrClN2O2. The highest BCUT2D eigenvalue weighted by molar-refractivity contribution is 9.10. The van der Waals surface area contributed by atoms with Crippen molar-refractivity contribution in [3.63, 3.8) is 0 Å². The maximum absolute atomic E-state index is 5.83. The lowest BCUT2D eigenvalue weighted by Crippen LogP contribution is -1.95. The highest BCUT2D eigenvalue weighted by atomic mass is 79.9. The molecular weight excluding hydrogens is 356 g/mol. The zero-order chi connectivity index (χ0) is 15.2. The van der Waals surface area contributed by atoms with Gasteiger partial charge in [-0.25, -0.2) is 0 Å². The number of hydrogen-bond acceptors (Lipinski definition) is 4. The fourth-order valence-corrected chi connectivity index (χ4v) is 2.22. The van der Waals surface area contributed by atoms with Gasteiger partial charge in [-0.2, -0.15) is 5.10 Å². The molecule has 0 saturated heterocycles. The van der Waals surface area contributed by atoms with E-state index in [0.717, 1.165) is 15.7 Å². The third kappa shape index (κ3) is 4.12. The SMILES string of the molecule is COc1cc(Br)c(/C=N/Nc2ccc(Cl)cc2)cc1OC. The van der Waals surface area contributed by atoms with E-state index in [1.54, 1.807) is 32.6 Å². The molecule has 0 amide bonds. The Morgan fingerprint density at radius 3 is 2.33 bits per heavy atom. The summed E-state index contributed by atoms with van der Waals surface area (Å²) in [6.07, 6.45) is 1.70. The number of halogens is 2. The Balaban J connectivity index is 2.15. The van der Waals surface area contributed by atoms with Crippen molar-refractivity contribution >= 4 is 39.4 Å². The number of methoxy groups -OCH3 is 2. The molecule has 0 atom stereocenters. The van der Waals surface area contributed by atoms with E-state index in [0.29, 0.717) is 16.5 Å². The Hall–Kier alpha value is -1.72. The van der Waals surface area contributed by atoms with Crippen molar-refractivity contribution in [1.82, 2.24) is 0 Å². The van der Waals surface area contributed by atoms with Gasteiger partial charge in [0.15, 0.2) is 11.5 Å². The van der Waals surface area contributed by atoms with Crippen LogP contribution in [0.25, 0.3) is 0 Å². The zero-order valence-electron chi connectivity index (χ0n) is 11.6. The molecule has 1 N–H and O–H groups in total. The van der Waals surface area contributed by atoms with Gasteiger partial charge in [-0.3, -0.25) is 5.43 Å². The lowest BCUT2D eigenvalue weighted by Gasteiger charge is -2.09. The molecule has 6 heteroatoms. The van der Waals surface area contributed by atoms with Crippen LogP contribution in [0, 0.1) is 0 Å². The third-order valence-electron chi connectivity index (χ3n) is 2.74. The maximum Gasteiger partial charge on any atom is 0.161 e. The van der Waals surface area contributed by atoms with Crippen molar-refractivity contribution in [2.45, 2.75) is 0 Å². The van der Waals surface area contributed by atoms with Crippen molar-refractivity contribution in [3.05, 3.63) is 51.5 Å². The number of rotatable bonds is 5. The number of hydrazone groups is 1. The van der Waals surface area contributed by atoms with Gasteiger partial charge < -0.3 is 9.47 Å². The molecule has 0 aromatic heterocycles. The van der Waals surface area contributed by atoms with Crippen LogP contribution < -0.4 is 14.9 Å². The summed E-state index contributed by atoms with van der Waals surface area (Å²) in [6, 6.07) is 11.0. The number of nitrogens with one attached hydrogen (secondary N) is 1. The van der Waals surface area contributed by atoms with Gasteiger partial charge in [0, 0.05) is 15.1 Å². The van der Waals surface area contributed by atoms with Gasteiger partial charge in [-0.1, -0.05) is 11.6 Å². The normalized spacial score (nSPS) is 10.7. The van der Waals surface area contributed by atoms with Gasteiger partial charge in [0.2, 0.25) is 0 Å². The van der Waals surface area contributed by atoms with E-state index in [2.05, 4.69) is 26.5 Å². The molecule has 0 heterocycles. The minimum atomic E-state index is 0.647. The van der Waals surface area contributed by atoms with E-state index in [-0.39, 0.29) is 0 Å². The van der Waals surface area contributed by atoms with Gasteiger partial charge in [0.1, 0.15) is 0 Å². The molecule has 0 bridgehead atoms. The number of hydrogen-bond donors (Lipinski definition) is 1. The van der Waals surface area contributed by atoms with Crippen molar-refractivity contribution in [3.8, 4) is 11.5 Å². The third-order valence-corrected chi connectivity index (χ3v) is 3.68. The first-order chi connectivity index (χ1) is 10.1. The van der Waals surface area contributed by atoms with Crippen molar-refractivity contribution in [2.75, 3.05) is 19.6 Å². The second kappa shape index (κ2) is 7.33. The summed E-state index contributed by atoms with van der Waals surface area (Å²) < 4.78 is 11.4. The van der Waals surface area contributed by atoms with E-state index < -0.39 is 0 Å². The summed E-state index contributed by atoms with van der Waals surface area (Å²) in [4.78, 5) is 0. The van der Waals surface area contributed by atoms with E-state index in [1.165, 1.54) is 0 Å². The molecule has 2 aromatic carbocycles. The van der Waals surface area contributed by atoms with Crippen molar-refractivity contribution in [1.29, 1.82) is 0 Å². The Morgan fingerprint density at radius 2 is 1.71 bits per heavy atom. The quantitative estimate of drug-likeness (QED) is 0.620. The molecule has 110 valence electrons. The largest absolute Gasteiger partial charge is 0.493 e. The Kier molecular flexibility index (Phi) is 5.47. The second-order valence-corrected chi connectivity index (χ2v) is 5.40. The summed E-state index contributed by atoms with van der Waals surface area (Å²) in [5.41, 5.74) is 4.66. The first-order valence-corrected chi connectivity index (χ1v) is 7.27. The van der Waals surface area contributed by atoms with Crippen LogP contribution in [-0.4, -0.2) is 20.4 Å². The predicted molar refractivity (Wildman–Crippen MR) is 89.9 cm³/mol. The standard InChI is InChI=1S/C15H14BrClN2O2/c1-20-14-7-10(13(16)8-15(14)21-2)9-18-19-12-5-3-11(17)4-6-12/h3-9,19H,1-2H3/b18-9+. The highest BCUT2D eigenvalue weighted by Gasteiger charge is 2.07. The first kappa shape index (κ1) is 15.7. The van der Waals surface area contributed by atoms with E-state index in [4.69, 9.17) is 21.1 Å². The smallest absolute Gasteiger partial charge is 0.161 e. The highest BCUT2D eigenvalue weighted by Crippen LogP contribution is 2.32. The molecule has 0 aliphatic rings. The molecule has 0 aliphatic heterocycles.